The molecule has 6 nitrogen and oxygen atoms in total. The standard InChI is InChI=1S/C24H26ClN3O3/c25-16-11-9-15(10-12-16)22-21(23(30)27-14-13-20(26)29)18-7-3-4-8-19(18)24(31)28(22)17-5-1-2-6-17/h3-4,7-12,17,21-22H,1-2,5-6,13-14H2,(H2,26,29)(H,27,30)/t21-,22+/m1/s1. The summed E-state index contributed by atoms with van der Waals surface area (Å²) in [6.45, 7) is 0.164. The van der Waals surface area contributed by atoms with E-state index in [0.717, 1.165) is 31.2 Å². The highest BCUT2D eigenvalue weighted by atomic mass is 35.5. The lowest BCUT2D eigenvalue weighted by Gasteiger charge is -2.45. The Kier molecular flexibility index (Phi) is 6.28. The van der Waals surface area contributed by atoms with E-state index in [1.165, 1.54) is 0 Å². The van der Waals surface area contributed by atoms with Gasteiger partial charge in [-0.25, -0.2) is 0 Å². The van der Waals surface area contributed by atoms with E-state index in [1.807, 2.05) is 35.2 Å². The van der Waals surface area contributed by atoms with Crippen LogP contribution in [0.3, 0.4) is 0 Å². The van der Waals surface area contributed by atoms with E-state index in [2.05, 4.69) is 5.32 Å². The third kappa shape index (κ3) is 4.30. The van der Waals surface area contributed by atoms with E-state index in [1.54, 1.807) is 18.2 Å². The van der Waals surface area contributed by atoms with Gasteiger partial charge in [-0.2, -0.15) is 0 Å². The lowest BCUT2D eigenvalue weighted by Crippen LogP contribution is -2.51. The van der Waals surface area contributed by atoms with E-state index in [-0.39, 0.29) is 30.8 Å². The molecule has 1 heterocycles. The first-order valence-electron chi connectivity index (χ1n) is 10.7. The Morgan fingerprint density at radius 2 is 1.74 bits per heavy atom. The number of nitrogens with one attached hydrogen (secondary N) is 1. The molecule has 3 amide bonds. The Morgan fingerprint density at radius 1 is 1.06 bits per heavy atom. The molecular weight excluding hydrogens is 414 g/mol. The minimum atomic E-state index is -0.594. The number of halogens is 1. The van der Waals surface area contributed by atoms with Crippen molar-refractivity contribution in [2.24, 2.45) is 5.73 Å². The molecule has 1 fully saturated rings. The van der Waals surface area contributed by atoms with Crippen LogP contribution in [0.4, 0.5) is 0 Å². The Labute approximate surface area is 186 Å². The first kappa shape index (κ1) is 21.4. The summed E-state index contributed by atoms with van der Waals surface area (Å²) >= 11 is 6.12. The van der Waals surface area contributed by atoms with Crippen molar-refractivity contribution in [3.63, 3.8) is 0 Å². The van der Waals surface area contributed by atoms with Gasteiger partial charge in [-0.15, -0.1) is 0 Å². The van der Waals surface area contributed by atoms with Gasteiger partial charge in [0.2, 0.25) is 11.8 Å². The second-order valence-electron chi connectivity index (χ2n) is 8.22. The molecule has 2 aromatic carbocycles. The Hall–Kier alpha value is -2.86. The second kappa shape index (κ2) is 9.10. The quantitative estimate of drug-likeness (QED) is 0.720. The van der Waals surface area contributed by atoms with Crippen LogP contribution in [-0.4, -0.2) is 35.2 Å². The molecule has 7 heteroatoms. The van der Waals surface area contributed by atoms with Gasteiger partial charge >= 0.3 is 0 Å². The molecule has 0 unspecified atom stereocenters. The largest absolute Gasteiger partial charge is 0.370 e. The molecule has 1 aliphatic heterocycles. The first-order chi connectivity index (χ1) is 15.0. The molecule has 2 aliphatic rings. The van der Waals surface area contributed by atoms with Crippen LogP contribution >= 0.6 is 11.6 Å². The number of carbonyl (C=O) groups excluding carboxylic acids is 3. The molecule has 2 aromatic rings. The molecule has 4 rings (SSSR count). The summed E-state index contributed by atoms with van der Waals surface area (Å²) in [6, 6.07) is 14.3. The number of amides is 3. The van der Waals surface area contributed by atoms with Crippen molar-refractivity contribution in [1.82, 2.24) is 10.2 Å². The maximum absolute atomic E-state index is 13.6. The Morgan fingerprint density at radius 3 is 2.42 bits per heavy atom. The average molecular weight is 440 g/mol. The molecule has 0 aromatic heterocycles. The van der Waals surface area contributed by atoms with Crippen molar-refractivity contribution in [2.75, 3.05) is 6.54 Å². The zero-order chi connectivity index (χ0) is 22.0. The van der Waals surface area contributed by atoms with E-state index in [4.69, 9.17) is 17.3 Å². The average Bonchev–Trinajstić information content (AvgIpc) is 3.28. The molecule has 0 spiro atoms. The summed E-state index contributed by atoms with van der Waals surface area (Å²) < 4.78 is 0. The normalized spacial score (nSPS) is 21.1. The van der Waals surface area contributed by atoms with Crippen LogP contribution in [0, 0.1) is 0 Å². The summed E-state index contributed by atoms with van der Waals surface area (Å²) in [7, 11) is 0. The maximum atomic E-state index is 13.6. The second-order valence-corrected chi connectivity index (χ2v) is 8.66. The molecule has 3 N–H and O–H groups in total. The van der Waals surface area contributed by atoms with E-state index >= 15 is 0 Å². The summed E-state index contributed by atoms with van der Waals surface area (Å²) in [4.78, 5) is 40.1. The highest BCUT2D eigenvalue weighted by molar-refractivity contribution is 6.30. The minimum absolute atomic E-state index is 0.0383. The number of primary amides is 1. The van der Waals surface area contributed by atoms with Gasteiger partial charge in [0.05, 0.1) is 12.0 Å². The van der Waals surface area contributed by atoms with Crippen LogP contribution in [0.2, 0.25) is 5.02 Å². The molecule has 1 aliphatic carbocycles. The van der Waals surface area contributed by atoms with Gasteiger partial charge in [0.25, 0.3) is 5.91 Å². The van der Waals surface area contributed by atoms with Crippen molar-refractivity contribution in [2.45, 2.75) is 50.1 Å². The van der Waals surface area contributed by atoms with Crippen molar-refractivity contribution in [3.8, 4) is 0 Å². The lowest BCUT2D eigenvalue weighted by molar-refractivity contribution is -0.124. The lowest BCUT2D eigenvalue weighted by atomic mass is 9.78. The van der Waals surface area contributed by atoms with E-state index in [9.17, 15) is 14.4 Å². The third-order valence-corrected chi connectivity index (χ3v) is 6.51. The fraction of sp³-hybridized carbons (Fsp3) is 0.375. The fourth-order valence-electron chi connectivity index (χ4n) is 4.85. The predicted octanol–water partition coefficient (Wildman–Crippen LogP) is 3.55. The maximum Gasteiger partial charge on any atom is 0.254 e. The van der Waals surface area contributed by atoms with Gasteiger partial charge in [-0.05, 0) is 42.2 Å². The zero-order valence-corrected chi connectivity index (χ0v) is 18.0. The predicted molar refractivity (Wildman–Crippen MR) is 119 cm³/mol. The zero-order valence-electron chi connectivity index (χ0n) is 17.2. The topological polar surface area (TPSA) is 92.5 Å². The van der Waals surface area contributed by atoms with Gasteiger partial charge in [-0.1, -0.05) is 54.8 Å². The van der Waals surface area contributed by atoms with Crippen LogP contribution in [0.1, 0.15) is 65.5 Å². The summed E-state index contributed by atoms with van der Waals surface area (Å²) in [5.74, 6) is -1.32. The van der Waals surface area contributed by atoms with Gasteiger partial charge in [0.15, 0.2) is 0 Å². The number of hydrogen-bond acceptors (Lipinski definition) is 3. The SMILES string of the molecule is NC(=O)CCNC(=O)[C@@H]1c2ccccc2C(=O)N(C2CCCC2)[C@H]1c1ccc(Cl)cc1. The van der Waals surface area contributed by atoms with Gasteiger partial charge in [0.1, 0.15) is 0 Å². The van der Waals surface area contributed by atoms with Crippen LogP contribution in [0.15, 0.2) is 48.5 Å². The molecule has 2 atom stereocenters. The molecule has 31 heavy (non-hydrogen) atoms. The van der Waals surface area contributed by atoms with Crippen molar-refractivity contribution in [1.29, 1.82) is 0 Å². The van der Waals surface area contributed by atoms with Gasteiger partial charge < -0.3 is 16.0 Å². The molecule has 0 bridgehead atoms. The Bertz CT molecular complexity index is 986. The summed E-state index contributed by atoms with van der Waals surface area (Å²) in [5.41, 5.74) is 7.37. The van der Waals surface area contributed by atoms with Gasteiger partial charge in [-0.3, -0.25) is 14.4 Å². The van der Waals surface area contributed by atoms with Crippen LogP contribution in [0.5, 0.6) is 0 Å². The highest BCUT2D eigenvalue weighted by Crippen LogP contribution is 2.46. The number of nitrogens with two attached hydrogens (primary N) is 1. The smallest absolute Gasteiger partial charge is 0.254 e. The number of fused-ring (bicyclic) bond motifs is 1. The number of carbonyl (C=O) groups is 3. The number of nitrogens with zero attached hydrogens (tertiary/aromatic N) is 1. The molecule has 0 saturated heterocycles. The van der Waals surface area contributed by atoms with Crippen molar-refractivity contribution < 1.29 is 14.4 Å². The number of hydrogen-bond donors (Lipinski definition) is 2. The van der Waals surface area contributed by atoms with Crippen LogP contribution in [0.25, 0.3) is 0 Å². The molecule has 0 radical (unpaired) electrons. The van der Waals surface area contributed by atoms with E-state index in [0.29, 0.717) is 16.1 Å². The van der Waals surface area contributed by atoms with Gasteiger partial charge in [0, 0.05) is 29.6 Å². The minimum Gasteiger partial charge on any atom is -0.370 e. The van der Waals surface area contributed by atoms with E-state index < -0.39 is 17.9 Å². The third-order valence-electron chi connectivity index (χ3n) is 6.26. The highest BCUT2D eigenvalue weighted by Gasteiger charge is 2.46. The fourth-order valence-corrected chi connectivity index (χ4v) is 4.98. The van der Waals surface area contributed by atoms with Crippen molar-refractivity contribution >= 4 is 29.3 Å². The molecule has 1 saturated carbocycles. The first-order valence-corrected chi connectivity index (χ1v) is 11.1. The number of benzene rings is 2. The number of rotatable bonds is 6. The summed E-state index contributed by atoms with van der Waals surface area (Å²) in [6.07, 6.45) is 4.05. The van der Waals surface area contributed by atoms with Crippen LogP contribution in [-0.2, 0) is 9.59 Å². The van der Waals surface area contributed by atoms with Crippen LogP contribution < -0.4 is 11.1 Å². The monoisotopic (exact) mass is 439 g/mol. The van der Waals surface area contributed by atoms with Crippen molar-refractivity contribution in [3.05, 3.63) is 70.2 Å². The molecular formula is C24H26ClN3O3. The Balaban J connectivity index is 1.81. The summed E-state index contributed by atoms with van der Waals surface area (Å²) in [5, 5.41) is 3.46. The molecule has 162 valence electrons.